The largest absolute Gasteiger partial charge is 0.497 e. The Balaban J connectivity index is 2.14. The van der Waals surface area contributed by atoms with Crippen LogP contribution in [0.2, 0.25) is 0 Å². The van der Waals surface area contributed by atoms with E-state index in [0.717, 1.165) is 22.2 Å². The van der Waals surface area contributed by atoms with Crippen molar-refractivity contribution in [3.8, 4) is 5.75 Å². The van der Waals surface area contributed by atoms with Gasteiger partial charge in [0.05, 0.1) is 7.11 Å². The van der Waals surface area contributed by atoms with Crippen LogP contribution in [-0.4, -0.2) is 13.7 Å². The molecule has 0 spiro atoms. The van der Waals surface area contributed by atoms with Gasteiger partial charge in [-0.15, -0.1) is 0 Å². The minimum absolute atomic E-state index is 0.166. The summed E-state index contributed by atoms with van der Waals surface area (Å²) in [4.78, 5) is 0. The van der Waals surface area contributed by atoms with Gasteiger partial charge < -0.3 is 10.5 Å². The Kier molecular flexibility index (Phi) is 5.76. The predicted octanol–water partition coefficient (Wildman–Crippen LogP) is 3.96. The van der Waals surface area contributed by atoms with Crippen LogP contribution < -0.4 is 10.5 Å². The van der Waals surface area contributed by atoms with Crippen molar-refractivity contribution in [2.45, 2.75) is 12.8 Å². The van der Waals surface area contributed by atoms with Gasteiger partial charge in [-0.2, -0.15) is 0 Å². The van der Waals surface area contributed by atoms with Gasteiger partial charge in [0.1, 0.15) is 11.6 Å². The normalized spacial score (nSPS) is 12.2. The highest BCUT2D eigenvalue weighted by Crippen LogP contribution is 2.26. The van der Waals surface area contributed by atoms with Gasteiger partial charge in [0, 0.05) is 4.47 Å². The summed E-state index contributed by atoms with van der Waals surface area (Å²) < 4.78 is 20.0. The van der Waals surface area contributed by atoms with Gasteiger partial charge in [-0.1, -0.05) is 34.1 Å². The van der Waals surface area contributed by atoms with E-state index in [2.05, 4.69) is 15.9 Å². The van der Waals surface area contributed by atoms with E-state index in [1.54, 1.807) is 13.2 Å². The predicted molar refractivity (Wildman–Crippen MR) is 87.0 cm³/mol. The van der Waals surface area contributed by atoms with Gasteiger partial charge in [0.15, 0.2) is 0 Å². The second-order valence-electron chi connectivity index (χ2n) is 5.06. The lowest BCUT2D eigenvalue weighted by Crippen LogP contribution is -2.20. The first-order valence-electron chi connectivity index (χ1n) is 6.90. The van der Waals surface area contributed by atoms with Gasteiger partial charge in [-0.25, -0.2) is 4.39 Å². The first-order valence-corrected chi connectivity index (χ1v) is 7.69. The molecule has 1 atom stereocenters. The highest BCUT2D eigenvalue weighted by atomic mass is 79.9. The summed E-state index contributed by atoms with van der Waals surface area (Å²) in [6.07, 6.45) is 1.41. The van der Waals surface area contributed by atoms with E-state index in [1.165, 1.54) is 6.07 Å². The Morgan fingerprint density at radius 1 is 1.14 bits per heavy atom. The SMILES string of the molecule is COc1ccc(Br)c(CC(CN)Cc2ccccc2F)c1. The first kappa shape index (κ1) is 16.0. The van der Waals surface area contributed by atoms with Crippen molar-refractivity contribution in [1.82, 2.24) is 0 Å². The summed E-state index contributed by atoms with van der Waals surface area (Å²) in [5, 5.41) is 0. The molecule has 1 unspecified atom stereocenters. The van der Waals surface area contributed by atoms with Crippen molar-refractivity contribution in [1.29, 1.82) is 0 Å². The molecule has 0 fully saturated rings. The highest BCUT2D eigenvalue weighted by Gasteiger charge is 2.14. The molecular formula is C17H19BrFNO. The zero-order valence-corrected chi connectivity index (χ0v) is 13.6. The molecule has 2 N–H and O–H groups in total. The standard InChI is InChI=1S/C17H19BrFNO/c1-21-15-6-7-16(18)14(10-15)9-12(11-20)8-13-4-2-3-5-17(13)19/h2-7,10,12H,8-9,11,20H2,1H3. The van der Waals surface area contributed by atoms with Crippen LogP contribution in [0, 0.1) is 11.7 Å². The minimum Gasteiger partial charge on any atom is -0.497 e. The van der Waals surface area contributed by atoms with E-state index < -0.39 is 0 Å². The lowest BCUT2D eigenvalue weighted by atomic mass is 9.92. The number of hydrogen-bond acceptors (Lipinski definition) is 2. The Bertz CT molecular complexity index is 603. The Labute approximate surface area is 133 Å². The summed E-state index contributed by atoms with van der Waals surface area (Å²) in [6.45, 7) is 0.512. The quantitative estimate of drug-likeness (QED) is 0.854. The van der Waals surface area contributed by atoms with Crippen LogP contribution in [0.5, 0.6) is 5.75 Å². The monoisotopic (exact) mass is 351 g/mol. The fourth-order valence-electron chi connectivity index (χ4n) is 2.36. The molecule has 2 nitrogen and oxygen atoms in total. The zero-order valence-electron chi connectivity index (χ0n) is 12.0. The van der Waals surface area contributed by atoms with E-state index in [9.17, 15) is 4.39 Å². The molecule has 2 rings (SSSR count). The van der Waals surface area contributed by atoms with E-state index in [1.807, 2.05) is 30.3 Å². The molecule has 21 heavy (non-hydrogen) atoms. The molecule has 2 aromatic rings. The third-order valence-electron chi connectivity index (χ3n) is 3.56. The maximum absolute atomic E-state index is 13.8. The van der Waals surface area contributed by atoms with Gasteiger partial charge in [-0.3, -0.25) is 0 Å². The molecule has 0 saturated heterocycles. The molecule has 0 amide bonds. The third-order valence-corrected chi connectivity index (χ3v) is 4.33. The summed E-state index contributed by atoms with van der Waals surface area (Å²) in [5.41, 5.74) is 7.71. The van der Waals surface area contributed by atoms with E-state index >= 15 is 0 Å². The summed E-state index contributed by atoms with van der Waals surface area (Å²) in [5.74, 6) is 0.834. The molecule has 0 aromatic heterocycles. The molecule has 2 aromatic carbocycles. The van der Waals surface area contributed by atoms with Crippen molar-refractivity contribution in [2.75, 3.05) is 13.7 Å². The molecule has 0 radical (unpaired) electrons. The number of ether oxygens (including phenoxy) is 1. The molecule has 0 saturated carbocycles. The molecular weight excluding hydrogens is 333 g/mol. The van der Waals surface area contributed by atoms with E-state index in [-0.39, 0.29) is 11.7 Å². The molecule has 0 aliphatic heterocycles. The van der Waals surface area contributed by atoms with E-state index in [4.69, 9.17) is 10.5 Å². The smallest absolute Gasteiger partial charge is 0.126 e. The van der Waals surface area contributed by atoms with Gasteiger partial charge in [0.25, 0.3) is 0 Å². The summed E-state index contributed by atoms with van der Waals surface area (Å²) >= 11 is 3.55. The fourth-order valence-corrected chi connectivity index (χ4v) is 2.77. The minimum atomic E-state index is -0.166. The van der Waals surface area contributed by atoms with Crippen LogP contribution in [0.4, 0.5) is 4.39 Å². The Hall–Kier alpha value is -1.39. The van der Waals surface area contributed by atoms with Crippen molar-refractivity contribution >= 4 is 15.9 Å². The maximum atomic E-state index is 13.8. The summed E-state index contributed by atoms with van der Waals surface area (Å²) in [7, 11) is 1.65. The number of methoxy groups -OCH3 is 1. The zero-order chi connectivity index (χ0) is 15.2. The Morgan fingerprint density at radius 2 is 1.86 bits per heavy atom. The van der Waals surface area contributed by atoms with Gasteiger partial charge in [0.2, 0.25) is 0 Å². The molecule has 4 heteroatoms. The van der Waals surface area contributed by atoms with Gasteiger partial charge in [-0.05, 0) is 60.7 Å². The van der Waals surface area contributed by atoms with Crippen LogP contribution in [0.1, 0.15) is 11.1 Å². The lowest BCUT2D eigenvalue weighted by molar-refractivity contribution is 0.413. The van der Waals surface area contributed by atoms with Crippen LogP contribution in [0.3, 0.4) is 0 Å². The number of halogens is 2. The topological polar surface area (TPSA) is 35.2 Å². The number of hydrogen-bond donors (Lipinski definition) is 1. The van der Waals surface area contributed by atoms with Crippen LogP contribution in [0.15, 0.2) is 46.9 Å². The van der Waals surface area contributed by atoms with Crippen molar-refractivity contribution in [2.24, 2.45) is 11.7 Å². The molecule has 0 heterocycles. The maximum Gasteiger partial charge on any atom is 0.126 e. The second kappa shape index (κ2) is 7.57. The van der Waals surface area contributed by atoms with E-state index in [0.29, 0.717) is 18.5 Å². The van der Waals surface area contributed by atoms with Crippen molar-refractivity contribution in [3.63, 3.8) is 0 Å². The fraction of sp³-hybridized carbons (Fsp3) is 0.294. The number of rotatable bonds is 6. The third kappa shape index (κ3) is 4.29. The average Bonchev–Trinajstić information content (AvgIpc) is 2.50. The highest BCUT2D eigenvalue weighted by molar-refractivity contribution is 9.10. The first-order chi connectivity index (χ1) is 10.1. The van der Waals surface area contributed by atoms with Crippen LogP contribution in [0.25, 0.3) is 0 Å². The van der Waals surface area contributed by atoms with Crippen LogP contribution in [-0.2, 0) is 12.8 Å². The second-order valence-corrected chi connectivity index (χ2v) is 5.91. The lowest BCUT2D eigenvalue weighted by Gasteiger charge is -2.17. The number of benzene rings is 2. The molecule has 112 valence electrons. The van der Waals surface area contributed by atoms with Gasteiger partial charge >= 0.3 is 0 Å². The average molecular weight is 352 g/mol. The number of nitrogens with two attached hydrogens (primary N) is 1. The summed E-state index contributed by atoms with van der Waals surface area (Å²) in [6, 6.07) is 12.7. The Morgan fingerprint density at radius 3 is 2.52 bits per heavy atom. The molecule has 0 aliphatic carbocycles. The van der Waals surface area contributed by atoms with Crippen molar-refractivity contribution < 1.29 is 9.13 Å². The molecule has 0 bridgehead atoms. The van der Waals surface area contributed by atoms with Crippen LogP contribution >= 0.6 is 15.9 Å². The molecule has 0 aliphatic rings. The van der Waals surface area contributed by atoms with Crippen molar-refractivity contribution in [3.05, 3.63) is 63.9 Å².